The smallest absolute Gasteiger partial charge is 0.429 e. The van der Waals surface area contributed by atoms with Gasteiger partial charge in [-0.1, -0.05) is 24.1 Å². The van der Waals surface area contributed by atoms with E-state index < -0.39 is 17.6 Å². The van der Waals surface area contributed by atoms with Crippen molar-refractivity contribution in [2.75, 3.05) is 0 Å². The highest BCUT2D eigenvalue weighted by Gasteiger charge is 2.36. The van der Waals surface area contributed by atoms with E-state index in [9.17, 15) is 9.59 Å². The van der Waals surface area contributed by atoms with Gasteiger partial charge in [-0.15, -0.1) is 10.2 Å². The SMILES string of the molecule is Cc1nnc([C@H]2CCCC(N(NC(=O)c3cc4ccc(Cl)cc4cn3)C(=O)OC(C)(C)C)C2)o1. The molecule has 1 aromatic carbocycles. The van der Waals surface area contributed by atoms with Crippen LogP contribution in [0, 0.1) is 6.92 Å². The standard InChI is InChI=1S/C24H28ClN5O4/c1-14-27-28-22(33-14)16-6-5-7-19(11-16)30(23(32)34-24(2,3)4)29-21(31)20-12-15-8-9-18(25)10-17(15)13-26-20/h8-10,12-13,16,19H,5-7,11H2,1-4H3,(H,29,31)/t16-,19?/m0/s1. The second-order valence-electron chi connectivity index (χ2n) is 9.53. The van der Waals surface area contributed by atoms with Crippen molar-refractivity contribution in [2.24, 2.45) is 0 Å². The number of nitrogens with one attached hydrogen (secondary N) is 1. The van der Waals surface area contributed by atoms with Crippen molar-refractivity contribution in [1.29, 1.82) is 0 Å². The van der Waals surface area contributed by atoms with Crippen LogP contribution in [0.4, 0.5) is 4.79 Å². The monoisotopic (exact) mass is 485 g/mol. The normalized spacial score (nSPS) is 18.5. The van der Waals surface area contributed by atoms with Gasteiger partial charge in [0, 0.05) is 29.4 Å². The van der Waals surface area contributed by atoms with Crippen molar-refractivity contribution in [1.82, 2.24) is 25.6 Å². The molecule has 2 heterocycles. The Morgan fingerprint density at radius 3 is 2.68 bits per heavy atom. The van der Waals surface area contributed by atoms with Gasteiger partial charge in [0.2, 0.25) is 11.8 Å². The Hall–Kier alpha value is -3.20. The quantitative estimate of drug-likeness (QED) is 0.508. The van der Waals surface area contributed by atoms with Gasteiger partial charge >= 0.3 is 6.09 Å². The Morgan fingerprint density at radius 2 is 1.97 bits per heavy atom. The topological polar surface area (TPSA) is 110 Å². The van der Waals surface area contributed by atoms with Gasteiger partial charge in [-0.3, -0.25) is 15.2 Å². The Balaban J connectivity index is 1.57. The third-order valence-corrected chi connectivity index (χ3v) is 5.87. The summed E-state index contributed by atoms with van der Waals surface area (Å²) in [7, 11) is 0. The largest absolute Gasteiger partial charge is 0.442 e. The van der Waals surface area contributed by atoms with Crippen molar-refractivity contribution < 1.29 is 18.7 Å². The molecule has 0 spiro atoms. The molecule has 0 saturated heterocycles. The van der Waals surface area contributed by atoms with Crippen LogP contribution in [0.1, 0.15) is 74.6 Å². The Labute approximate surface area is 202 Å². The molecule has 1 aliphatic carbocycles. The first-order chi connectivity index (χ1) is 16.1. The van der Waals surface area contributed by atoms with Crippen molar-refractivity contribution in [2.45, 2.75) is 70.9 Å². The van der Waals surface area contributed by atoms with Gasteiger partial charge in [0.1, 0.15) is 11.3 Å². The molecule has 1 unspecified atom stereocenters. The highest BCUT2D eigenvalue weighted by molar-refractivity contribution is 6.31. The van der Waals surface area contributed by atoms with Crippen LogP contribution in [0.3, 0.4) is 0 Å². The second kappa shape index (κ2) is 9.58. The molecule has 0 bridgehead atoms. The number of benzene rings is 1. The van der Waals surface area contributed by atoms with E-state index in [1.807, 2.05) is 6.07 Å². The predicted molar refractivity (Wildman–Crippen MR) is 126 cm³/mol. The lowest BCUT2D eigenvalue weighted by Crippen LogP contribution is -2.54. The summed E-state index contributed by atoms with van der Waals surface area (Å²) in [5.41, 5.74) is 2.20. The number of rotatable bonds is 3. The van der Waals surface area contributed by atoms with Crippen LogP contribution in [0.25, 0.3) is 10.8 Å². The van der Waals surface area contributed by atoms with E-state index in [-0.39, 0.29) is 17.7 Å². The number of ether oxygens (including phenoxy) is 1. The van der Waals surface area contributed by atoms with Crippen LogP contribution in [-0.2, 0) is 4.74 Å². The number of halogens is 1. The van der Waals surface area contributed by atoms with Crippen LogP contribution in [-0.4, -0.2) is 43.8 Å². The van der Waals surface area contributed by atoms with Gasteiger partial charge in [-0.25, -0.2) is 9.80 Å². The summed E-state index contributed by atoms with van der Waals surface area (Å²) in [5.74, 6) is 0.536. The van der Waals surface area contributed by atoms with E-state index in [0.29, 0.717) is 29.6 Å². The number of pyridine rings is 1. The first-order valence-electron chi connectivity index (χ1n) is 11.3. The Morgan fingerprint density at radius 1 is 1.18 bits per heavy atom. The van der Waals surface area contributed by atoms with Crippen molar-refractivity contribution >= 4 is 34.4 Å². The molecule has 10 heteroatoms. The molecule has 1 aliphatic rings. The first-order valence-corrected chi connectivity index (χ1v) is 11.7. The molecule has 2 amide bonds. The lowest BCUT2D eigenvalue weighted by molar-refractivity contribution is -0.00404. The van der Waals surface area contributed by atoms with E-state index in [4.69, 9.17) is 20.8 Å². The summed E-state index contributed by atoms with van der Waals surface area (Å²) in [6.45, 7) is 7.10. The summed E-state index contributed by atoms with van der Waals surface area (Å²) >= 11 is 6.04. The molecule has 0 radical (unpaired) electrons. The van der Waals surface area contributed by atoms with E-state index >= 15 is 0 Å². The number of aromatic nitrogens is 3. The van der Waals surface area contributed by atoms with E-state index in [2.05, 4.69) is 20.6 Å². The van der Waals surface area contributed by atoms with Gasteiger partial charge in [0.05, 0.1) is 6.04 Å². The maximum absolute atomic E-state index is 13.1. The summed E-state index contributed by atoms with van der Waals surface area (Å²) in [4.78, 5) is 30.5. The molecule has 180 valence electrons. The average molecular weight is 486 g/mol. The second-order valence-corrected chi connectivity index (χ2v) is 9.97. The van der Waals surface area contributed by atoms with Gasteiger partial charge < -0.3 is 9.15 Å². The molecule has 2 aromatic heterocycles. The highest BCUT2D eigenvalue weighted by Crippen LogP contribution is 2.34. The number of hydrogen-bond donors (Lipinski definition) is 1. The highest BCUT2D eigenvalue weighted by atomic mass is 35.5. The average Bonchev–Trinajstić information content (AvgIpc) is 3.22. The van der Waals surface area contributed by atoms with Gasteiger partial charge in [-0.2, -0.15) is 0 Å². The maximum atomic E-state index is 13.1. The van der Waals surface area contributed by atoms with Gasteiger partial charge in [0.25, 0.3) is 5.91 Å². The van der Waals surface area contributed by atoms with Crippen LogP contribution >= 0.6 is 11.6 Å². The molecule has 3 aromatic rings. The number of amides is 2. The Kier molecular flexibility index (Phi) is 6.74. The molecule has 34 heavy (non-hydrogen) atoms. The number of hydrogen-bond acceptors (Lipinski definition) is 7. The molecule has 0 aliphatic heterocycles. The van der Waals surface area contributed by atoms with Crippen LogP contribution in [0.5, 0.6) is 0 Å². The number of aryl methyl sites for hydroxylation is 1. The van der Waals surface area contributed by atoms with Gasteiger partial charge in [0.15, 0.2) is 0 Å². The molecule has 2 atom stereocenters. The molecule has 1 N–H and O–H groups in total. The molecule has 9 nitrogen and oxygen atoms in total. The fourth-order valence-electron chi connectivity index (χ4n) is 4.10. The minimum atomic E-state index is -0.724. The van der Waals surface area contributed by atoms with E-state index in [1.54, 1.807) is 52.1 Å². The zero-order valence-corrected chi connectivity index (χ0v) is 20.4. The van der Waals surface area contributed by atoms with Crippen LogP contribution in [0.2, 0.25) is 5.02 Å². The molecule has 1 fully saturated rings. The molecule has 4 rings (SSSR count). The van der Waals surface area contributed by atoms with Crippen molar-refractivity contribution in [3.8, 4) is 0 Å². The minimum absolute atomic E-state index is 0.00895. The third-order valence-electron chi connectivity index (χ3n) is 5.63. The van der Waals surface area contributed by atoms with Crippen LogP contribution in [0.15, 0.2) is 34.9 Å². The lowest BCUT2D eigenvalue weighted by atomic mass is 9.85. The van der Waals surface area contributed by atoms with Gasteiger partial charge in [-0.05, 0) is 63.6 Å². The zero-order valence-electron chi connectivity index (χ0n) is 19.7. The predicted octanol–water partition coefficient (Wildman–Crippen LogP) is 5.19. The van der Waals surface area contributed by atoms with E-state index in [1.165, 1.54) is 5.01 Å². The molecular weight excluding hydrogens is 458 g/mol. The lowest BCUT2D eigenvalue weighted by Gasteiger charge is -2.37. The zero-order chi connectivity index (χ0) is 24.5. The maximum Gasteiger partial charge on any atom is 0.429 e. The first kappa shape index (κ1) is 23.9. The summed E-state index contributed by atoms with van der Waals surface area (Å²) in [6, 6.07) is 6.71. The summed E-state index contributed by atoms with van der Waals surface area (Å²) < 4.78 is 11.2. The fourth-order valence-corrected chi connectivity index (χ4v) is 4.28. The number of nitrogens with zero attached hydrogens (tertiary/aromatic N) is 4. The number of fused-ring (bicyclic) bond motifs is 1. The van der Waals surface area contributed by atoms with E-state index in [0.717, 1.165) is 23.6 Å². The summed E-state index contributed by atoms with van der Waals surface area (Å²) in [6.07, 6.45) is 3.92. The number of carbonyl (C=O) groups excluding carboxylic acids is 2. The molecular formula is C24H28ClN5O4. The fraction of sp³-hybridized carbons (Fsp3) is 0.458. The number of carbonyl (C=O) groups is 2. The Bertz CT molecular complexity index is 1210. The van der Waals surface area contributed by atoms with Crippen molar-refractivity contribution in [3.63, 3.8) is 0 Å². The minimum Gasteiger partial charge on any atom is -0.442 e. The third kappa shape index (κ3) is 5.64. The van der Waals surface area contributed by atoms with Crippen LogP contribution < -0.4 is 5.43 Å². The summed E-state index contributed by atoms with van der Waals surface area (Å²) in [5, 5.41) is 11.6. The number of hydrazine groups is 1. The van der Waals surface area contributed by atoms with Crippen molar-refractivity contribution in [3.05, 3.63) is 53.0 Å². The molecule has 1 saturated carbocycles.